The third-order valence-corrected chi connectivity index (χ3v) is 8.57. The van der Waals surface area contributed by atoms with Gasteiger partial charge < -0.3 is 9.84 Å². The van der Waals surface area contributed by atoms with E-state index in [4.69, 9.17) is 4.74 Å². The molecule has 4 atom stereocenters. The lowest BCUT2D eigenvalue weighted by Crippen LogP contribution is -2.59. The van der Waals surface area contributed by atoms with E-state index in [1.807, 2.05) is 6.92 Å². The van der Waals surface area contributed by atoms with Crippen LogP contribution >= 0.6 is 11.8 Å². The number of carbonyl (C=O) groups excluding carboxylic acids is 1. The minimum atomic E-state index is -1.34. The molecule has 1 aliphatic rings. The summed E-state index contributed by atoms with van der Waals surface area (Å²) in [5, 5.41) is 10.9. The van der Waals surface area contributed by atoms with E-state index in [1.165, 1.54) is 11.8 Å². The molecule has 112 valence electrons. The molecule has 1 aliphatic heterocycles. The van der Waals surface area contributed by atoms with Crippen molar-refractivity contribution in [3.8, 4) is 0 Å². The summed E-state index contributed by atoms with van der Waals surface area (Å²) in [6.07, 6.45) is 1.46. The number of esters is 1. The Labute approximate surface area is 122 Å². The van der Waals surface area contributed by atoms with Crippen molar-refractivity contribution in [2.45, 2.75) is 50.2 Å². The molecule has 0 aliphatic carbocycles. The second-order valence-electron chi connectivity index (χ2n) is 4.98. The second-order valence-corrected chi connectivity index (χ2v) is 8.43. The van der Waals surface area contributed by atoms with Crippen LogP contribution in [0.15, 0.2) is 0 Å². The first-order chi connectivity index (χ1) is 8.83. The standard InChI is InChI=1S/C13H24O4S2/c1-5-13(18-8-7-9-19(13)16)12(4,15)10(3)11(14)17-6-2/h10,15H,5-9H2,1-4H3/t10-,12-,13-,19-/m1/s1. The van der Waals surface area contributed by atoms with Gasteiger partial charge in [-0.25, -0.2) is 0 Å². The highest BCUT2D eigenvalue weighted by Crippen LogP contribution is 2.48. The molecule has 0 radical (unpaired) electrons. The molecule has 0 saturated carbocycles. The lowest BCUT2D eigenvalue weighted by Gasteiger charge is -2.47. The van der Waals surface area contributed by atoms with Crippen LogP contribution in [0.1, 0.15) is 40.5 Å². The molecule has 0 unspecified atom stereocenters. The lowest BCUT2D eigenvalue weighted by molar-refractivity contribution is -0.156. The number of thioether (sulfide) groups is 1. The molecule has 1 heterocycles. The zero-order valence-corrected chi connectivity index (χ0v) is 13.7. The molecule has 0 amide bonds. The van der Waals surface area contributed by atoms with Gasteiger partial charge in [-0.1, -0.05) is 6.92 Å². The van der Waals surface area contributed by atoms with E-state index in [-0.39, 0.29) is 6.61 Å². The Morgan fingerprint density at radius 2 is 2.21 bits per heavy atom. The third kappa shape index (κ3) is 3.00. The highest BCUT2D eigenvalue weighted by Gasteiger charge is 2.56. The first kappa shape index (κ1) is 17.0. The predicted octanol–water partition coefficient (Wildman–Crippen LogP) is 1.93. The van der Waals surface area contributed by atoms with Crippen LogP contribution in [0.5, 0.6) is 0 Å². The quantitative estimate of drug-likeness (QED) is 0.786. The fourth-order valence-electron chi connectivity index (χ4n) is 2.48. The summed E-state index contributed by atoms with van der Waals surface area (Å²) in [4.78, 5) is 11.9. The van der Waals surface area contributed by atoms with Gasteiger partial charge in [0.1, 0.15) is 9.68 Å². The van der Waals surface area contributed by atoms with Crippen LogP contribution in [0.4, 0.5) is 0 Å². The fraction of sp³-hybridized carbons (Fsp3) is 0.923. The van der Waals surface area contributed by atoms with Gasteiger partial charge in [0.2, 0.25) is 0 Å². The average molecular weight is 308 g/mol. The van der Waals surface area contributed by atoms with Crippen LogP contribution in [-0.2, 0) is 20.3 Å². The zero-order valence-electron chi connectivity index (χ0n) is 12.1. The molecule has 0 aromatic rings. The van der Waals surface area contributed by atoms with Gasteiger partial charge in [0.25, 0.3) is 0 Å². The summed E-state index contributed by atoms with van der Waals surface area (Å²) < 4.78 is 16.7. The van der Waals surface area contributed by atoms with Crippen LogP contribution in [0.25, 0.3) is 0 Å². The minimum absolute atomic E-state index is 0.286. The average Bonchev–Trinajstić information content (AvgIpc) is 2.38. The normalized spacial score (nSPS) is 32.4. The van der Waals surface area contributed by atoms with E-state index >= 15 is 0 Å². The number of aliphatic hydroxyl groups is 1. The molecule has 6 heteroatoms. The Morgan fingerprint density at radius 3 is 2.68 bits per heavy atom. The number of rotatable bonds is 5. The van der Waals surface area contributed by atoms with Gasteiger partial charge in [0, 0.05) is 16.6 Å². The molecular formula is C13H24O4S2. The van der Waals surface area contributed by atoms with Crippen molar-refractivity contribution < 1.29 is 18.8 Å². The maximum Gasteiger partial charge on any atom is 0.311 e. The van der Waals surface area contributed by atoms with Gasteiger partial charge in [-0.3, -0.25) is 9.00 Å². The predicted molar refractivity (Wildman–Crippen MR) is 79.5 cm³/mol. The fourth-order valence-corrected chi connectivity index (χ4v) is 6.68. The number of carbonyl (C=O) groups is 1. The third-order valence-electron chi connectivity index (χ3n) is 3.90. The van der Waals surface area contributed by atoms with Gasteiger partial charge in [-0.05, 0) is 39.4 Å². The van der Waals surface area contributed by atoms with Crippen LogP contribution in [-0.4, -0.2) is 43.1 Å². The van der Waals surface area contributed by atoms with Gasteiger partial charge >= 0.3 is 5.97 Å². The van der Waals surface area contributed by atoms with E-state index in [0.29, 0.717) is 12.2 Å². The van der Waals surface area contributed by atoms with E-state index in [2.05, 4.69) is 0 Å². The Balaban J connectivity index is 3.06. The van der Waals surface area contributed by atoms with E-state index in [1.54, 1.807) is 20.8 Å². The van der Waals surface area contributed by atoms with Crippen molar-refractivity contribution in [1.82, 2.24) is 0 Å². The molecule has 4 nitrogen and oxygen atoms in total. The second kappa shape index (κ2) is 6.59. The molecule has 0 aromatic heterocycles. The summed E-state index contributed by atoms with van der Waals surface area (Å²) >= 11 is 1.53. The van der Waals surface area contributed by atoms with Crippen molar-refractivity contribution in [1.29, 1.82) is 0 Å². The Hall–Kier alpha value is -0.0700. The topological polar surface area (TPSA) is 63.6 Å². The zero-order chi connectivity index (χ0) is 14.7. The molecule has 1 saturated heterocycles. The molecule has 1 N–H and O–H groups in total. The first-order valence-electron chi connectivity index (χ1n) is 6.75. The van der Waals surface area contributed by atoms with Crippen molar-refractivity contribution in [2.75, 3.05) is 18.1 Å². The summed E-state index contributed by atoms with van der Waals surface area (Å²) in [6, 6.07) is 0. The van der Waals surface area contributed by atoms with Crippen molar-refractivity contribution in [3.63, 3.8) is 0 Å². The minimum Gasteiger partial charge on any atom is -0.466 e. The Kier molecular flexibility index (Phi) is 5.89. The van der Waals surface area contributed by atoms with Gasteiger partial charge in [-0.15, -0.1) is 11.8 Å². The number of hydrogen-bond acceptors (Lipinski definition) is 5. The number of ether oxygens (including phenoxy) is 1. The monoisotopic (exact) mass is 308 g/mol. The van der Waals surface area contributed by atoms with Gasteiger partial charge in [0.15, 0.2) is 0 Å². The number of hydrogen-bond donors (Lipinski definition) is 1. The molecule has 0 aromatic carbocycles. The van der Waals surface area contributed by atoms with Crippen molar-refractivity contribution >= 4 is 28.5 Å². The van der Waals surface area contributed by atoms with E-state index in [9.17, 15) is 14.1 Å². The highest BCUT2D eigenvalue weighted by atomic mass is 32.2. The van der Waals surface area contributed by atoms with Crippen molar-refractivity contribution in [3.05, 3.63) is 0 Å². The maximum absolute atomic E-state index is 12.5. The van der Waals surface area contributed by atoms with Crippen LogP contribution in [0, 0.1) is 5.92 Å². The maximum atomic E-state index is 12.5. The molecule has 0 bridgehead atoms. The lowest BCUT2D eigenvalue weighted by atomic mass is 9.85. The van der Waals surface area contributed by atoms with E-state index < -0.39 is 32.4 Å². The largest absolute Gasteiger partial charge is 0.466 e. The summed E-state index contributed by atoms with van der Waals surface area (Å²) in [5.74, 6) is 0.336. The summed E-state index contributed by atoms with van der Waals surface area (Å²) in [7, 11) is -1.14. The molecule has 19 heavy (non-hydrogen) atoms. The Morgan fingerprint density at radius 1 is 1.58 bits per heavy atom. The SMILES string of the molecule is CCOC(=O)[C@@H](C)[C@@](C)(O)[C@]1(CC)SCCC[S@]1=O. The first-order valence-corrected chi connectivity index (χ1v) is 9.05. The smallest absolute Gasteiger partial charge is 0.311 e. The summed E-state index contributed by atoms with van der Waals surface area (Å²) in [6.45, 7) is 7.22. The highest BCUT2D eigenvalue weighted by molar-refractivity contribution is 8.13. The molecular weight excluding hydrogens is 284 g/mol. The Bertz CT molecular complexity index is 357. The van der Waals surface area contributed by atoms with Crippen LogP contribution < -0.4 is 0 Å². The van der Waals surface area contributed by atoms with E-state index in [0.717, 1.165) is 12.2 Å². The summed E-state index contributed by atoms with van der Waals surface area (Å²) in [5.41, 5.74) is -1.34. The molecule has 1 fully saturated rings. The van der Waals surface area contributed by atoms with Gasteiger partial charge in [-0.2, -0.15) is 0 Å². The van der Waals surface area contributed by atoms with Crippen LogP contribution in [0.3, 0.4) is 0 Å². The van der Waals surface area contributed by atoms with Crippen LogP contribution in [0.2, 0.25) is 0 Å². The van der Waals surface area contributed by atoms with Crippen molar-refractivity contribution in [2.24, 2.45) is 5.92 Å². The molecule has 0 spiro atoms. The van der Waals surface area contributed by atoms with Gasteiger partial charge in [0.05, 0.1) is 12.5 Å². The molecule has 1 rings (SSSR count).